The number of phenolic OH excluding ortho intramolecular Hbond substituents is 1. The molecule has 0 aliphatic carbocycles. The second kappa shape index (κ2) is 6.92. The Bertz CT molecular complexity index is 684. The maximum atomic E-state index is 9.77. The lowest BCUT2D eigenvalue weighted by Crippen LogP contribution is -2.30. The van der Waals surface area contributed by atoms with Gasteiger partial charge in [-0.15, -0.1) is 0 Å². The van der Waals surface area contributed by atoms with E-state index in [0.29, 0.717) is 13.2 Å². The molecule has 0 saturated heterocycles. The second-order valence-electron chi connectivity index (χ2n) is 5.60. The highest BCUT2D eigenvalue weighted by atomic mass is 16.5. The molecule has 122 valence electrons. The molecule has 4 heteroatoms. The lowest BCUT2D eigenvalue weighted by Gasteiger charge is -2.29. The van der Waals surface area contributed by atoms with Gasteiger partial charge in [-0.3, -0.25) is 0 Å². The summed E-state index contributed by atoms with van der Waals surface area (Å²) in [5.74, 6) is 1.87. The van der Waals surface area contributed by atoms with Crippen LogP contribution in [0, 0.1) is 0 Å². The van der Waals surface area contributed by atoms with E-state index in [4.69, 9.17) is 9.47 Å². The maximum absolute atomic E-state index is 9.77. The van der Waals surface area contributed by atoms with Crippen molar-refractivity contribution in [1.29, 1.82) is 0 Å². The zero-order valence-corrected chi connectivity index (χ0v) is 13.6. The average Bonchev–Trinajstić information content (AvgIpc) is 2.55. The van der Waals surface area contributed by atoms with Gasteiger partial charge < -0.3 is 19.9 Å². The summed E-state index contributed by atoms with van der Waals surface area (Å²) < 4.78 is 11.5. The van der Waals surface area contributed by atoms with Crippen molar-refractivity contribution in [2.24, 2.45) is 0 Å². The molecule has 1 heterocycles. The number of hydrogen-bond acceptors (Lipinski definition) is 4. The van der Waals surface area contributed by atoms with Crippen molar-refractivity contribution in [1.82, 2.24) is 5.32 Å². The van der Waals surface area contributed by atoms with Crippen LogP contribution in [-0.2, 0) is 6.42 Å². The van der Waals surface area contributed by atoms with E-state index in [2.05, 4.69) is 17.4 Å². The molecule has 0 amide bonds. The molecule has 1 aliphatic rings. The topological polar surface area (TPSA) is 50.7 Å². The van der Waals surface area contributed by atoms with Gasteiger partial charge in [-0.2, -0.15) is 0 Å². The highest BCUT2D eigenvalue weighted by Gasteiger charge is 2.24. The number of aromatic hydroxyl groups is 1. The van der Waals surface area contributed by atoms with Gasteiger partial charge in [0, 0.05) is 6.54 Å². The normalized spacial score (nSPS) is 16.7. The molecule has 23 heavy (non-hydrogen) atoms. The Labute approximate surface area is 137 Å². The summed E-state index contributed by atoms with van der Waals surface area (Å²) in [4.78, 5) is 0. The van der Waals surface area contributed by atoms with Crippen molar-refractivity contribution in [3.05, 3.63) is 53.1 Å². The van der Waals surface area contributed by atoms with Crippen LogP contribution in [-0.4, -0.2) is 24.9 Å². The van der Waals surface area contributed by atoms with E-state index in [-0.39, 0.29) is 11.8 Å². The molecule has 2 N–H and O–H groups in total. The lowest BCUT2D eigenvalue weighted by atomic mass is 9.89. The molecule has 3 rings (SSSR count). The van der Waals surface area contributed by atoms with E-state index >= 15 is 0 Å². The molecule has 0 aromatic heterocycles. The van der Waals surface area contributed by atoms with Crippen LogP contribution in [0.4, 0.5) is 0 Å². The molecular formula is C19H23NO3. The van der Waals surface area contributed by atoms with E-state index in [1.165, 1.54) is 11.1 Å². The van der Waals surface area contributed by atoms with Gasteiger partial charge in [-0.05, 0) is 61.2 Å². The fourth-order valence-corrected chi connectivity index (χ4v) is 3.10. The Morgan fingerprint density at radius 1 is 1.09 bits per heavy atom. The number of rotatable bonds is 5. The van der Waals surface area contributed by atoms with E-state index in [9.17, 15) is 5.11 Å². The Morgan fingerprint density at radius 3 is 2.52 bits per heavy atom. The molecule has 4 nitrogen and oxygen atoms in total. The Kier molecular flexibility index (Phi) is 4.72. The molecule has 0 unspecified atom stereocenters. The number of phenols is 1. The fourth-order valence-electron chi connectivity index (χ4n) is 3.10. The zero-order valence-electron chi connectivity index (χ0n) is 13.6. The van der Waals surface area contributed by atoms with Crippen LogP contribution < -0.4 is 14.8 Å². The third-order valence-corrected chi connectivity index (χ3v) is 4.06. The van der Waals surface area contributed by atoms with Crippen LogP contribution in [0.25, 0.3) is 0 Å². The third kappa shape index (κ3) is 3.27. The summed E-state index contributed by atoms with van der Waals surface area (Å²) in [6, 6.07) is 11.6. The van der Waals surface area contributed by atoms with Crippen molar-refractivity contribution < 1.29 is 14.6 Å². The first-order valence-corrected chi connectivity index (χ1v) is 8.17. The monoisotopic (exact) mass is 313 g/mol. The van der Waals surface area contributed by atoms with E-state index in [0.717, 1.165) is 30.0 Å². The minimum absolute atomic E-state index is 0.0562. The van der Waals surface area contributed by atoms with Crippen LogP contribution in [0.5, 0.6) is 17.2 Å². The molecule has 2 aromatic rings. The molecule has 1 aliphatic heterocycles. The van der Waals surface area contributed by atoms with Gasteiger partial charge in [0.05, 0.1) is 19.3 Å². The van der Waals surface area contributed by atoms with Crippen LogP contribution >= 0.6 is 0 Å². The van der Waals surface area contributed by atoms with Gasteiger partial charge in [0.15, 0.2) is 11.5 Å². The maximum Gasteiger partial charge on any atom is 0.161 e. The van der Waals surface area contributed by atoms with Crippen molar-refractivity contribution in [2.75, 3.05) is 19.8 Å². The van der Waals surface area contributed by atoms with E-state index in [1.807, 2.05) is 32.0 Å². The standard InChI is InChI=1S/C19H23NO3/c1-3-22-17-11-13-8-9-20-19(14-6-5-7-15(21)10-14)16(13)12-18(17)23-4-2/h5-7,10-12,19-21H,3-4,8-9H2,1-2H3/t19-/m0/s1. The molecule has 1 atom stereocenters. The summed E-state index contributed by atoms with van der Waals surface area (Å²) in [6.45, 7) is 6.06. The third-order valence-electron chi connectivity index (χ3n) is 4.06. The minimum atomic E-state index is 0.0562. The van der Waals surface area contributed by atoms with Gasteiger partial charge in [0.1, 0.15) is 5.75 Å². The van der Waals surface area contributed by atoms with Gasteiger partial charge in [-0.25, -0.2) is 0 Å². The van der Waals surface area contributed by atoms with Crippen molar-refractivity contribution in [3.63, 3.8) is 0 Å². The van der Waals surface area contributed by atoms with Crippen LogP contribution in [0.3, 0.4) is 0 Å². The Balaban J connectivity index is 2.05. The molecule has 0 radical (unpaired) electrons. The zero-order chi connectivity index (χ0) is 16.2. The smallest absolute Gasteiger partial charge is 0.161 e. The average molecular weight is 313 g/mol. The molecular weight excluding hydrogens is 290 g/mol. The van der Waals surface area contributed by atoms with E-state index in [1.54, 1.807) is 6.07 Å². The van der Waals surface area contributed by atoms with Gasteiger partial charge >= 0.3 is 0 Å². The number of fused-ring (bicyclic) bond motifs is 1. The summed E-state index contributed by atoms with van der Waals surface area (Å²) in [6.07, 6.45) is 0.955. The van der Waals surface area contributed by atoms with Gasteiger partial charge in [0.2, 0.25) is 0 Å². The molecule has 0 fully saturated rings. The Morgan fingerprint density at radius 2 is 1.83 bits per heavy atom. The van der Waals surface area contributed by atoms with Crippen molar-refractivity contribution in [2.45, 2.75) is 26.3 Å². The van der Waals surface area contributed by atoms with Crippen LogP contribution in [0.1, 0.15) is 36.6 Å². The largest absolute Gasteiger partial charge is 0.508 e. The first-order chi connectivity index (χ1) is 11.2. The highest BCUT2D eigenvalue weighted by molar-refractivity contribution is 5.52. The predicted molar refractivity (Wildman–Crippen MR) is 90.4 cm³/mol. The molecule has 0 saturated carbocycles. The number of hydrogen-bond donors (Lipinski definition) is 2. The molecule has 0 spiro atoms. The van der Waals surface area contributed by atoms with Gasteiger partial charge in [0.25, 0.3) is 0 Å². The van der Waals surface area contributed by atoms with Crippen LogP contribution in [0.15, 0.2) is 36.4 Å². The minimum Gasteiger partial charge on any atom is -0.508 e. The summed E-state index contributed by atoms with van der Waals surface area (Å²) >= 11 is 0. The first-order valence-electron chi connectivity index (χ1n) is 8.17. The van der Waals surface area contributed by atoms with E-state index < -0.39 is 0 Å². The summed E-state index contributed by atoms with van der Waals surface area (Å²) in [5, 5.41) is 13.3. The number of ether oxygens (including phenoxy) is 2. The highest BCUT2D eigenvalue weighted by Crippen LogP contribution is 2.38. The first kappa shape index (κ1) is 15.7. The number of benzene rings is 2. The Hall–Kier alpha value is -2.20. The fraction of sp³-hybridized carbons (Fsp3) is 0.368. The molecule has 0 bridgehead atoms. The predicted octanol–water partition coefficient (Wildman–Crippen LogP) is 3.42. The SMILES string of the molecule is CCOc1cc2c(cc1OCC)[C@H](c1cccc(O)c1)NCC2. The van der Waals surface area contributed by atoms with Crippen LogP contribution in [0.2, 0.25) is 0 Å². The second-order valence-corrected chi connectivity index (χ2v) is 5.60. The quantitative estimate of drug-likeness (QED) is 0.888. The summed E-state index contributed by atoms with van der Waals surface area (Å²) in [7, 11) is 0. The molecule has 2 aromatic carbocycles. The summed E-state index contributed by atoms with van der Waals surface area (Å²) in [5.41, 5.74) is 3.51. The van der Waals surface area contributed by atoms with Crippen molar-refractivity contribution >= 4 is 0 Å². The lowest BCUT2D eigenvalue weighted by molar-refractivity contribution is 0.286. The number of nitrogens with one attached hydrogen (secondary N) is 1. The van der Waals surface area contributed by atoms with Gasteiger partial charge in [-0.1, -0.05) is 12.1 Å². The van der Waals surface area contributed by atoms with Crippen molar-refractivity contribution in [3.8, 4) is 17.2 Å².